The maximum atomic E-state index is 12.0. The van der Waals surface area contributed by atoms with E-state index in [1.165, 1.54) is 11.8 Å². The van der Waals surface area contributed by atoms with Crippen LogP contribution in [-0.4, -0.2) is 28.3 Å². The second kappa shape index (κ2) is 8.37. The molecule has 0 bridgehead atoms. The molecule has 0 radical (unpaired) electrons. The number of rotatable bonds is 6. The van der Waals surface area contributed by atoms with E-state index < -0.39 is 0 Å². The van der Waals surface area contributed by atoms with Gasteiger partial charge < -0.3 is 15.1 Å². The molecular weight excluding hydrogens is 418 g/mol. The third-order valence-electron chi connectivity index (χ3n) is 3.35. The molecule has 1 aromatic heterocycles. The Morgan fingerprint density at radius 1 is 1.08 bits per heavy atom. The molecule has 3 rings (SSSR count). The number of hydrogen-bond acceptors (Lipinski definition) is 5. The number of carbonyl (C=O) groups is 2. The Hall–Kier alpha value is -2.32. The minimum absolute atomic E-state index is 0.152. The number of amides is 2. The number of halogens is 1. The first kappa shape index (κ1) is 18.5. The Morgan fingerprint density at radius 2 is 1.77 bits per heavy atom. The lowest BCUT2D eigenvalue weighted by molar-refractivity contribution is -0.114. The van der Waals surface area contributed by atoms with Gasteiger partial charge in [-0.2, -0.15) is 0 Å². The SMILES string of the molecule is Cc1nc2cc(NC(=O)CSCC(=O)Nc3cccc(Br)c3)ccc2o1. The topological polar surface area (TPSA) is 84.2 Å². The van der Waals surface area contributed by atoms with E-state index in [1.807, 2.05) is 24.3 Å². The van der Waals surface area contributed by atoms with Gasteiger partial charge in [0.05, 0.1) is 11.5 Å². The molecule has 0 aliphatic rings. The monoisotopic (exact) mass is 433 g/mol. The number of nitrogens with zero attached hydrogens (tertiary/aromatic N) is 1. The maximum Gasteiger partial charge on any atom is 0.234 e. The Bertz CT molecular complexity index is 958. The van der Waals surface area contributed by atoms with Crippen LogP contribution in [0.2, 0.25) is 0 Å². The molecule has 2 amide bonds. The highest BCUT2D eigenvalue weighted by Crippen LogP contribution is 2.20. The van der Waals surface area contributed by atoms with E-state index in [4.69, 9.17) is 4.42 Å². The van der Waals surface area contributed by atoms with Crippen molar-refractivity contribution in [3.63, 3.8) is 0 Å². The number of hydrogen-bond donors (Lipinski definition) is 2. The molecule has 0 aliphatic carbocycles. The van der Waals surface area contributed by atoms with Gasteiger partial charge in [0.2, 0.25) is 11.8 Å². The van der Waals surface area contributed by atoms with Crippen molar-refractivity contribution in [2.45, 2.75) is 6.92 Å². The van der Waals surface area contributed by atoms with Crippen LogP contribution in [0.1, 0.15) is 5.89 Å². The second-order valence-electron chi connectivity index (χ2n) is 5.51. The number of thioether (sulfide) groups is 1. The number of oxazole rings is 1. The summed E-state index contributed by atoms with van der Waals surface area (Å²) in [5, 5.41) is 5.58. The zero-order valence-corrected chi connectivity index (χ0v) is 16.3. The highest BCUT2D eigenvalue weighted by atomic mass is 79.9. The Morgan fingerprint density at radius 3 is 2.46 bits per heavy atom. The number of fused-ring (bicyclic) bond motifs is 1. The van der Waals surface area contributed by atoms with Gasteiger partial charge in [0.25, 0.3) is 0 Å². The quantitative estimate of drug-likeness (QED) is 0.607. The standard InChI is InChI=1S/C18H16BrN3O3S/c1-11-20-15-8-14(5-6-16(15)25-11)22-18(24)10-26-9-17(23)21-13-4-2-3-12(19)7-13/h2-8H,9-10H2,1H3,(H,21,23)(H,22,24). The van der Waals surface area contributed by atoms with Crippen molar-refractivity contribution in [3.05, 3.63) is 52.8 Å². The van der Waals surface area contributed by atoms with Gasteiger partial charge in [-0.05, 0) is 36.4 Å². The Balaban J connectivity index is 1.45. The fraction of sp³-hybridized carbons (Fsp3) is 0.167. The molecule has 0 aliphatic heterocycles. The third kappa shape index (κ3) is 5.09. The molecule has 0 saturated carbocycles. The van der Waals surface area contributed by atoms with E-state index in [-0.39, 0.29) is 23.3 Å². The van der Waals surface area contributed by atoms with Crippen LogP contribution < -0.4 is 10.6 Å². The van der Waals surface area contributed by atoms with Gasteiger partial charge in [-0.15, -0.1) is 11.8 Å². The van der Waals surface area contributed by atoms with E-state index in [0.29, 0.717) is 28.4 Å². The first-order chi connectivity index (χ1) is 12.5. The van der Waals surface area contributed by atoms with Crippen LogP contribution >= 0.6 is 27.7 Å². The van der Waals surface area contributed by atoms with Crippen molar-refractivity contribution in [2.75, 3.05) is 22.1 Å². The summed E-state index contributed by atoms with van der Waals surface area (Å²) >= 11 is 4.60. The van der Waals surface area contributed by atoms with Crippen molar-refractivity contribution in [1.82, 2.24) is 4.98 Å². The average molecular weight is 434 g/mol. The fourth-order valence-electron chi connectivity index (χ4n) is 2.32. The second-order valence-corrected chi connectivity index (χ2v) is 7.42. The Kier molecular flexibility index (Phi) is 5.95. The van der Waals surface area contributed by atoms with Crippen molar-refractivity contribution in [2.24, 2.45) is 0 Å². The lowest BCUT2D eigenvalue weighted by atomic mass is 10.3. The van der Waals surface area contributed by atoms with Crippen LogP contribution in [0.4, 0.5) is 11.4 Å². The zero-order valence-electron chi connectivity index (χ0n) is 13.9. The molecule has 2 aromatic carbocycles. The van der Waals surface area contributed by atoms with E-state index >= 15 is 0 Å². The molecule has 134 valence electrons. The normalized spacial score (nSPS) is 10.7. The Labute approximate surface area is 162 Å². The van der Waals surface area contributed by atoms with Crippen LogP contribution in [0.15, 0.2) is 51.4 Å². The van der Waals surface area contributed by atoms with Gasteiger partial charge in [-0.1, -0.05) is 22.0 Å². The van der Waals surface area contributed by atoms with Gasteiger partial charge in [-0.3, -0.25) is 9.59 Å². The number of nitrogens with one attached hydrogen (secondary N) is 2. The van der Waals surface area contributed by atoms with Crippen LogP contribution in [0.5, 0.6) is 0 Å². The van der Waals surface area contributed by atoms with E-state index in [2.05, 4.69) is 31.5 Å². The lowest BCUT2D eigenvalue weighted by Gasteiger charge is -2.06. The summed E-state index contributed by atoms with van der Waals surface area (Å²) in [6.07, 6.45) is 0. The molecule has 26 heavy (non-hydrogen) atoms. The number of anilines is 2. The predicted molar refractivity (Wildman–Crippen MR) is 107 cm³/mol. The molecule has 8 heteroatoms. The van der Waals surface area contributed by atoms with E-state index in [9.17, 15) is 9.59 Å². The minimum atomic E-state index is -0.176. The maximum absolute atomic E-state index is 12.0. The van der Waals surface area contributed by atoms with Crippen molar-refractivity contribution >= 4 is 62.0 Å². The summed E-state index contributed by atoms with van der Waals surface area (Å²) in [7, 11) is 0. The predicted octanol–water partition coefficient (Wildman–Crippen LogP) is 4.21. The summed E-state index contributed by atoms with van der Waals surface area (Å²) in [6.45, 7) is 1.77. The number of aromatic nitrogens is 1. The third-order valence-corrected chi connectivity index (χ3v) is 4.78. The molecule has 1 heterocycles. The van der Waals surface area contributed by atoms with Crippen LogP contribution in [0, 0.1) is 6.92 Å². The fourth-order valence-corrected chi connectivity index (χ4v) is 3.33. The summed E-state index contributed by atoms with van der Waals surface area (Å²) in [6, 6.07) is 12.6. The molecule has 0 saturated heterocycles. The van der Waals surface area contributed by atoms with Crippen LogP contribution in [0.3, 0.4) is 0 Å². The largest absolute Gasteiger partial charge is 0.441 e. The van der Waals surface area contributed by atoms with Gasteiger partial charge in [0, 0.05) is 22.8 Å². The highest BCUT2D eigenvalue weighted by molar-refractivity contribution is 9.10. The lowest BCUT2D eigenvalue weighted by Crippen LogP contribution is -2.18. The smallest absolute Gasteiger partial charge is 0.234 e. The average Bonchev–Trinajstić information content (AvgIpc) is 2.94. The summed E-state index contributed by atoms with van der Waals surface area (Å²) in [5.41, 5.74) is 2.74. The van der Waals surface area contributed by atoms with Crippen molar-refractivity contribution in [1.29, 1.82) is 0 Å². The van der Waals surface area contributed by atoms with Crippen LogP contribution in [0.25, 0.3) is 11.1 Å². The summed E-state index contributed by atoms with van der Waals surface area (Å²) in [5.74, 6) is 0.629. The van der Waals surface area contributed by atoms with Gasteiger partial charge >= 0.3 is 0 Å². The van der Waals surface area contributed by atoms with Gasteiger partial charge in [0.15, 0.2) is 11.5 Å². The first-order valence-electron chi connectivity index (χ1n) is 7.80. The van der Waals surface area contributed by atoms with Crippen LogP contribution in [-0.2, 0) is 9.59 Å². The van der Waals surface area contributed by atoms with Crippen molar-refractivity contribution in [3.8, 4) is 0 Å². The van der Waals surface area contributed by atoms with E-state index in [0.717, 1.165) is 4.47 Å². The molecule has 0 atom stereocenters. The minimum Gasteiger partial charge on any atom is -0.441 e. The summed E-state index contributed by atoms with van der Waals surface area (Å²) < 4.78 is 6.29. The van der Waals surface area contributed by atoms with Crippen molar-refractivity contribution < 1.29 is 14.0 Å². The number of carbonyl (C=O) groups excluding carboxylic acids is 2. The molecule has 0 spiro atoms. The zero-order chi connectivity index (χ0) is 18.5. The summed E-state index contributed by atoms with van der Waals surface area (Å²) in [4.78, 5) is 28.2. The van der Waals surface area contributed by atoms with E-state index in [1.54, 1.807) is 25.1 Å². The molecule has 0 fully saturated rings. The number of aryl methyl sites for hydroxylation is 1. The van der Waals surface area contributed by atoms with Gasteiger partial charge in [0.1, 0.15) is 5.52 Å². The molecular formula is C18H16BrN3O3S. The highest BCUT2D eigenvalue weighted by Gasteiger charge is 2.08. The number of benzene rings is 2. The van der Waals surface area contributed by atoms with Gasteiger partial charge in [-0.25, -0.2) is 4.98 Å². The molecule has 2 N–H and O–H groups in total. The molecule has 0 unspecified atom stereocenters. The first-order valence-corrected chi connectivity index (χ1v) is 9.74. The molecule has 3 aromatic rings. The molecule has 6 nitrogen and oxygen atoms in total.